The van der Waals surface area contributed by atoms with Crippen LogP contribution in [0.2, 0.25) is 0 Å². The van der Waals surface area contributed by atoms with Gasteiger partial charge in [0.25, 0.3) is 0 Å². The van der Waals surface area contributed by atoms with Crippen molar-refractivity contribution in [3.05, 3.63) is 47.5 Å². The van der Waals surface area contributed by atoms with E-state index < -0.39 is 10.0 Å². The smallest absolute Gasteiger partial charge is 0.240 e. The first kappa shape index (κ1) is 23.3. The van der Waals surface area contributed by atoms with E-state index >= 15 is 0 Å². The molecule has 2 aromatic carbocycles. The van der Waals surface area contributed by atoms with Crippen molar-refractivity contribution in [3.8, 4) is 5.75 Å². The second kappa shape index (κ2) is 10.1. The van der Waals surface area contributed by atoms with E-state index in [-0.39, 0.29) is 29.9 Å². The Balaban J connectivity index is 2.06. The van der Waals surface area contributed by atoms with Gasteiger partial charge in [-0.2, -0.15) is 0 Å². The maximum Gasteiger partial charge on any atom is 0.240 e. The van der Waals surface area contributed by atoms with Crippen LogP contribution in [0.5, 0.6) is 5.75 Å². The zero-order valence-electron chi connectivity index (χ0n) is 17.4. The van der Waals surface area contributed by atoms with E-state index in [1.54, 1.807) is 19.9 Å². The van der Waals surface area contributed by atoms with Crippen molar-refractivity contribution < 1.29 is 17.9 Å². The van der Waals surface area contributed by atoms with Crippen LogP contribution in [0.1, 0.15) is 25.0 Å². The number of nitrogens with one attached hydrogen (secondary N) is 2. The van der Waals surface area contributed by atoms with Gasteiger partial charge >= 0.3 is 0 Å². The highest BCUT2D eigenvalue weighted by Gasteiger charge is 2.17. The molecular weight excluding hydrogens is 408 g/mol. The van der Waals surface area contributed by atoms with Gasteiger partial charge in [0.15, 0.2) is 0 Å². The molecule has 29 heavy (non-hydrogen) atoms. The normalized spacial score (nSPS) is 11.5. The molecule has 158 valence electrons. The van der Waals surface area contributed by atoms with Crippen molar-refractivity contribution in [2.75, 3.05) is 24.7 Å². The molecule has 0 aliphatic heterocycles. The number of amides is 1. The van der Waals surface area contributed by atoms with Crippen molar-refractivity contribution in [2.45, 2.75) is 37.5 Å². The molecule has 2 aromatic rings. The molecule has 2 rings (SSSR count). The van der Waals surface area contributed by atoms with Crippen LogP contribution in [0.25, 0.3) is 0 Å². The lowest BCUT2D eigenvalue weighted by Gasteiger charge is -2.14. The van der Waals surface area contributed by atoms with Crippen LogP contribution in [-0.2, 0) is 14.8 Å². The molecule has 0 spiro atoms. The van der Waals surface area contributed by atoms with Gasteiger partial charge < -0.3 is 10.1 Å². The summed E-state index contributed by atoms with van der Waals surface area (Å²) < 4.78 is 33.5. The Labute approximate surface area is 177 Å². The highest BCUT2D eigenvalue weighted by atomic mass is 32.2. The summed E-state index contributed by atoms with van der Waals surface area (Å²) in [6.07, 6.45) is 1.87. The van der Waals surface area contributed by atoms with Gasteiger partial charge in [0.1, 0.15) is 12.4 Å². The van der Waals surface area contributed by atoms with Gasteiger partial charge in [0.05, 0.1) is 10.6 Å². The number of hydrogen-bond acceptors (Lipinski definition) is 5. The number of thioether (sulfide) groups is 1. The van der Waals surface area contributed by atoms with E-state index in [1.807, 2.05) is 38.3 Å². The molecule has 0 saturated heterocycles. The number of carbonyl (C=O) groups excluding carboxylic acids is 1. The van der Waals surface area contributed by atoms with Gasteiger partial charge in [-0.3, -0.25) is 4.79 Å². The standard InChI is InChI=1S/C21H28N2O4S2/c1-14(2)21(24)23-18-13-17(9-10-20(18)28-5)29(25,26)22-11-12-27-19-8-6-7-15(3)16(19)4/h6-10,13-14,22H,11-12H2,1-5H3,(H,23,24). The minimum Gasteiger partial charge on any atom is -0.492 e. The van der Waals surface area contributed by atoms with Crippen LogP contribution < -0.4 is 14.8 Å². The summed E-state index contributed by atoms with van der Waals surface area (Å²) in [4.78, 5) is 12.9. The molecule has 0 atom stereocenters. The summed E-state index contributed by atoms with van der Waals surface area (Å²) in [6.45, 7) is 7.88. The average Bonchev–Trinajstić information content (AvgIpc) is 2.68. The van der Waals surface area contributed by atoms with Crippen LogP contribution in [0.15, 0.2) is 46.2 Å². The first-order valence-electron chi connectivity index (χ1n) is 9.33. The van der Waals surface area contributed by atoms with Crippen LogP contribution in [0, 0.1) is 19.8 Å². The molecule has 0 bridgehead atoms. The second-order valence-electron chi connectivity index (χ2n) is 6.95. The number of rotatable bonds is 9. The zero-order valence-corrected chi connectivity index (χ0v) is 19.0. The van der Waals surface area contributed by atoms with Gasteiger partial charge in [-0.1, -0.05) is 26.0 Å². The monoisotopic (exact) mass is 436 g/mol. The summed E-state index contributed by atoms with van der Waals surface area (Å²) >= 11 is 1.44. The number of sulfonamides is 1. The van der Waals surface area contributed by atoms with Gasteiger partial charge in [0.2, 0.25) is 15.9 Å². The molecule has 2 N–H and O–H groups in total. The minimum absolute atomic E-state index is 0.0982. The number of carbonyl (C=O) groups is 1. The second-order valence-corrected chi connectivity index (χ2v) is 9.57. The van der Waals surface area contributed by atoms with Crippen molar-refractivity contribution >= 4 is 33.4 Å². The van der Waals surface area contributed by atoms with Crippen LogP contribution in [-0.4, -0.2) is 33.7 Å². The van der Waals surface area contributed by atoms with Gasteiger partial charge in [0, 0.05) is 17.4 Å². The molecular formula is C21H28N2O4S2. The third kappa shape index (κ3) is 6.22. The fraction of sp³-hybridized carbons (Fsp3) is 0.381. The molecule has 0 aliphatic carbocycles. The molecule has 0 heterocycles. The SMILES string of the molecule is CSc1ccc(S(=O)(=O)NCCOc2cccc(C)c2C)cc1NC(=O)C(C)C. The Bertz CT molecular complexity index is 973. The lowest BCUT2D eigenvalue weighted by atomic mass is 10.1. The molecule has 0 radical (unpaired) electrons. The summed E-state index contributed by atoms with van der Waals surface area (Å²) in [6, 6.07) is 10.5. The van der Waals surface area contributed by atoms with E-state index in [2.05, 4.69) is 10.0 Å². The van der Waals surface area contributed by atoms with Crippen LogP contribution >= 0.6 is 11.8 Å². The van der Waals surface area contributed by atoms with E-state index in [0.29, 0.717) is 5.69 Å². The van der Waals surface area contributed by atoms with Gasteiger partial charge in [-0.25, -0.2) is 13.1 Å². The predicted molar refractivity (Wildman–Crippen MR) is 118 cm³/mol. The summed E-state index contributed by atoms with van der Waals surface area (Å²) in [5, 5.41) is 2.80. The largest absolute Gasteiger partial charge is 0.492 e. The quantitative estimate of drug-likeness (QED) is 0.459. The maximum absolute atomic E-state index is 12.6. The van der Waals surface area contributed by atoms with E-state index in [9.17, 15) is 13.2 Å². The van der Waals surface area contributed by atoms with Crippen molar-refractivity contribution in [3.63, 3.8) is 0 Å². The fourth-order valence-corrected chi connectivity index (χ4v) is 4.10. The highest BCUT2D eigenvalue weighted by molar-refractivity contribution is 7.98. The van der Waals surface area contributed by atoms with E-state index in [1.165, 1.54) is 23.9 Å². The molecule has 6 nitrogen and oxygen atoms in total. The Morgan fingerprint density at radius 1 is 1.17 bits per heavy atom. The molecule has 0 aromatic heterocycles. The first-order chi connectivity index (χ1) is 13.7. The number of aryl methyl sites for hydroxylation is 1. The van der Waals surface area contributed by atoms with Crippen molar-refractivity contribution in [2.24, 2.45) is 5.92 Å². The highest BCUT2D eigenvalue weighted by Crippen LogP contribution is 2.28. The van der Waals surface area contributed by atoms with Gasteiger partial charge in [-0.15, -0.1) is 11.8 Å². The minimum atomic E-state index is -3.73. The van der Waals surface area contributed by atoms with E-state index in [0.717, 1.165) is 21.8 Å². The lowest BCUT2D eigenvalue weighted by molar-refractivity contribution is -0.118. The summed E-state index contributed by atoms with van der Waals surface area (Å²) in [7, 11) is -3.73. The lowest BCUT2D eigenvalue weighted by Crippen LogP contribution is -2.28. The molecule has 1 amide bonds. The third-order valence-electron chi connectivity index (χ3n) is 4.47. The summed E-state index contributed by atoms with van der Waals surface area (Å²) in [5.74, 6) is 0.377. The maximum atomic E-state index is 12.6. The Kier molecular flexibility index (Phi) is 8.13. The third-order valence-corrected chi connectivity index (χ3v) is 6.72. The van der Waals surface area contributed by atoms with Crippen molar-refractivity contribution in [1.29, 1.82) is 0 Å². The number of hydrogen-bond donors (Lipinski definition) is 2. The molecule has 8 heteroatoms. The first-order valence-corrected chi connectivity index (χ1v) is 12.0. The van der Waals surface area contributed by atoms with E-state index in [4.69, 9.17) is 4.74 Å². The van der Waals surface area contributed by atoms with Crippen LogP contribution in [0.4, 0.5) is 5.69 Å². The number of benzene rings is 2. The number of ether oxygens (including phenoxy) is 1. The topological polar surface area (TPSA) is 84.5 Å². The molecule has 0 unspecified atom stereocenters. The van der Waals surface area contributed by atoms with Crippen molar-refractivity contribution in [1.82, 2.24) is 4.72 Å². The summed E-state index contributed by atoms with van der Waals surface area (Å²) in [5.41, 5.74) is 2.65. The van der Waals surface area contributed by atoms with Gasteiger partial charge in [-0.05, 0) is 55.5 Å². The molecule has 0 fully saturated rings. The Morgan fingerprint density at radius 3 is 2.55 bits per heavy atom. The van der Waals surface area contributed by atoms with Crippen LogP contribution in [0.3, 0.4) is 0 Å². The average molecular weight is 437 g/mol. The Hall–Kier alpha value is -2.03. The number of anilines is 1. The fourth-order valence-electron chi connectivity index (χ4n) is 2.53. The zero-order chi connectivity index (χ0) is 21.6. The predicted octanol–water partition coefficient (Wildman–Crippen LogP) is 3.98. The molecule has 0 saturated carbocycles. The molecule has 0 aliphatic rings. The Morgan fingerprint density at radius 2 is 1.90 bits per heavy atom.